The first-order valence-electron chi connectivity index (χ1n) is 5.63. The lowest BCUT2D eigenvalue weighted by molar-refractivity contribution is -0.122. The lowest BCUT2D eigenvalue weighted by Crippen LogP contribution is -2.58. The molecule has 1 heterocycles. The highest BCUT2D eigenvalue weighted by atomic mass is 79.9. The third kappa shape index (κ3) is 3.16. The number of nitrogens with one attached hydrogen (secondary N) is 1. The Hall–Kier alpha value is -1.24. The van der Waals surface area contributed by atoms with Crippen LogP contribution in [0.15, 0.2) is 28.7 Å². The predicted molar refractivity (Wildman–Crippen MR) is 71.0 cm³/mol. The molecule has 3 N–H and O–H groups in total. The summed E-state index contributed by atoms with van der Waals surface area (Å²) in [7, 11) is 0. The maximum atomic E-state index is 11.8. The van der Waals surface area contributed by atoms with Gasteiger partial charge in [-0.25, -0.2) is 0 Å². The van der Waals surface area contributed by atoms with Gasteiger partial charge in [0.1, 0.15) is 0 Å². The van der Waals surface area contributed by atoms with Crippen LogP contribution in [-0.4, -0.2) is 42.4 Å². The van der Waals surface area contributed by atoms with Gasteiger partial charge in [0, 0.05) is 23.6 Å². The van der Waals surface area contributed by atoms with Gasteiger partial charge in [-0.05, 0) is 28.1 Å². The van der Waals surface area contributed by atoms with Crippen molar-refractivity contribution >= 4 is 27.7 Å². The molecule has 5 nitrogen and oxygen atoms in total. The van der Waals surface area contributed by atoms with Gasteiger partial charge in [-0.3, -0.25) is 19.8 Å². The van der Waals surface area contributed by atoms with Crippen LogP contribution >= 0.6 is 15.9 Å². The number of amides is 2. The van der Waals surface area contributed by atoms with Gasteiger partial charge in [-0.2, -0.15) is 0 Å². The number of rotatable bonds is 3. The van der Waals surface area contributed by atoms with Crippen LogP contribution < -0.4 is 11.1 Å². The Morgan fingerprint density at radius 2 is 2.06 bits per heavy atom. The largest absolute Gasteiger partial charge is 0.325 e. The van der Waals surface area contributed by atoms with E-state index < -0.39 is 5.91 Å². The lowest BCUT2D eigenvalue weighted by Gasteiger charge is -2.35. The average molecular weight is 312 g/mol. The van der Waals surface area contributed by atoms with E-state index in [0.29, 0.717) is 23.1 Å². The fourth-order valence-corrected chi connectivity index (χ4v) is 2.29. The molecule has 0 aliphatic carbocycles. The van der Waals surface area contributed by atoms with E-state index in [-0.39, 0.29) is 18.5 Å². The van der Waals surface area contributed by atoms with Gasteiger partial charge in [-0.15, -0.1) is 0 Å². The van der Waals surface area contributed by atoms with Gasteiger partial charge in [0.15, 0.2) is 0 Å². The third-order valence-corrected chi connectivity index (χ3v) is 3.42. The van der Waals surface area contributed by atoms with E-state index in [4.69, 9.17) is 5.73 Å². The summed E-state index contributed by atoms with van der Waals surface area (Å²) in [5.41, 5.74) is 6.06. The van der Waals surface area contributed by atoms with Gasteiger partial charge in [0.05, 0.1) is 12.1 Å². The number of hydrogen-bond donors (Lipinski definition) is 2. The summed E-state index contributed by atoms with van der Waals surface area (Å²) >= 11 is 3.27. The van der Waals surface area contributed by atoms with Crippen molar-refractivity contribution in [3.05, 3.63) is 34.3 Å². The van der Waals surface area contributed by atoms with Crippen LogP contribution in [0.1, 0.15) is 10.4 Å². The highest BCUT2D eigenvalue weighted by Crippen LogP contribution is 2.15. The second-order valence-corrected chi connectivity index (χ2v) is 5.17. The molecule has 0 aromatic heterocycles. The molecule has 2 rings (SSSR count). The van der Waals surface area contributed by atoms with Crippen LogP contribution in [0.5, 0.6) is 0 Å². The summed E-state index contributed by atoms with van der Waals surface area (Å²) in [6, 6.07) is 7.12. The SMILES string of the molecule is NC1CN(CC(=O)NC(=O)c2ccccc2Br)C1. The van der Waals surface area contributed by atoms with Crippen LogP contribution in [0.2, 0.25) is 0 Å². The molecule has 0 bridgehead atoms. The van der Waals surface area contributed by atoms with Crippen LogP contribution in [0.4, 0.5) is 0 Å². The number of nitrogens with zero attached hydrogens (tertiary/aromatic N) is 1. The minimum Gasteiger partial charge on any atom is -0.325 e. The second kappa shape index (κ2) is 5.60. The molecular weight excluding hydrogens is 298 g/mol. The standard InChI is InChI=1S/C12H14BrN3O2/c13-10-4-2-1-3-9(10)12(18)15-11(17)7-16-5-8(14)6-16/h1-4,8H,5-7,14H2,(H,15,17,18). The van der Waals surface area contributed by atoms with E-state index in [1.807, 2.05) is 11.0 Å². The fraction of sp³-hybridized carbons (Fsp3) is 0.333. The Balaban J connectivity index is 1.87. The smallest absolute Gasteiger partial charge is 0.259 e. The van der Waals surface area contributed by atoms with Crippen molar-refractivity contribution in [3.63, 3.8) is 0 Å². The van der Waals surface area contributed by atoms with Crippen molar-refractivity contribution in [2.45, 2.75) is 6.04 Å². The molecule has 0 atom stereocenters. The molecule has 1 saturated heterocycles. The highest BCUT2D eigenvalue weighted by Gasteiger charge is 2.25. The van der Waals surface area contributed by atoms with Crippen LogP contribution in [0, 0.1) is 0 Å². The van der Waals surface area contributed by atoms with E-state index in [2.05, 4.69) is 21.2 Å². The van der Waals surface area contributed by atoms with E-state index in [0.717, 1.165) is 0 Å². The number of likely N-dealkylation sites (tertiary alicyclic amines) is 1. The Morgan fingerprint density at radius 1 is 1.39 bits per heavy atom. The van der Waals surface area contributed by atoms with Crippen molar-refractivity contribution in [1.82, 2.24) is 10.2 Å². The van der Waals surface area contributed by atoms with Crippen molar-refractivity contribution < 1.29 is 9.59 Å². The number of carbonyl (C=O) groups is 2. The van der Waals surface area contributed by atoms with Crippen LogP contribution in [-0.2, 0) is 4.79 Å². The molecular formula is C12H14BrN3O2. The number of carbonyl (C=O) groups excluding carboxylic acids is 2. The molecule has 0 radical (unpaired) electrons. The maximum absolute atomic E-state index is 11.8. The van der Waals surface area contributed by atoms with Gasteiger partial charge >= 0.3 is 0 Å². The molecule has 2 amide bonds. The Labute approximate surface area is 113 Å². The molecule has 0 spiro atoms. The minimum atomic E-state index is -0.391. The first-order chi connectivity index (χ1) is 8.56. The number of benzene rings is 1. The van der Waals surface area contributed by atoms with Gasteiger partial charge in [0.25, 0.3) is 5.91 Å². The molecule has 18 heavy (non-hydrogen) atoms. The van der Waals surface area contributed by atoms with E-state index in [1.165, 1.54) is 0 Å². The molecule has 6 heteroatoms. The molecule has 1 aromatic carbocycles. The Kier molecular flexibility index (Phi) is 4.11. The zero-order valence-electron chi connectivity index (χ0n) is 9.73. The van der Waals surface area contributed by atoms with Gasteiger partial charge in [-0.1, -0.05) is 12.1 Å². The molecule has 1 aliphatic rings. The molecule has 1 fully saturated rings. The van der Waals surface area contributed by atoms with E-state index in [1.54, 1.807) is 18.2 Å². The van der Waals surface area contributed by atoms with Gasteiger partial charge < -0.3 is 5.73 Å². The molecule has 0 saturated carbocycles. The van der Waals surface area contributed by atoms with Crippen LogP contribution in [0.25, 0.3) is 0 Å². The summed E-state index contributed by atoms with van der Waals surface area (Å²) in [5.74, 6) is -0.694. The van der Waals surface area contributed by atoms with Crippen molar-refractivity contribution in [2.75, 3.05) is 19.6 Å². The number of hydrogen-bond acceptors (Lipinski definition) is 4. The van der Waals surface area contributed by atoms with E-state index in [9.17, 15) is 9.59 Å². The summed E-state index contributed by atoms with van der Waals surface area (Å²) in [6.45, 7) is 1.62. The Bertz CT molecular complexity index is 472. The average Bonchev–Trinajstić information content (AvgIpc) is 2.27. The maximum Gasteiger partial charge on any atom is 0.259 e. The number of halogens is 1. The number of imide groups is 1. The zero-order valence-corrected chi connectivity index (χ0v) is 11.3. The predicted octanol–water partition coefficient (Wildman–Crippen LogP) is 0.348. The summed E-state index contributed by atoms with van der Waals surface area (Å²) in [5, 5.41) is 2.36. The van der Waals surface area contributed by atoms with Gasteiger partial charge in [0.2, 0.25) is 5.91 Å². The normalized spacial score (nSPS) is 16.1. The summed E-state index contributed by atoms with van der Waals surface area (Å²) in [6.07, 6.45) is 0. The third-order valence-electron chi connectivity index (χ3n) is 2.72. The first kappa shape index (κ1) is 13.2. The topological polar surface area (TPSA) is 75.4 Å². The van der Waals surface area contributed by atoms with Crippen molar-refractivity contribution in [2.24, 2.45) is 5.73 Å². The summed E-state index contributed by atoms with van der Waals surface area (Å²) < 4.78 is 0.668. The molecule has 1 aliphatic heterocycles. The Morgan fingerprint density at radius 3 is 2.67 bits per heavy atom. The van der Waals surface area contributed by atoms with Crippen LogP contribution in [0.3, 0.4) is 0 Å². The number of nitrogens with two attached hydrogens (primary N) is 1. The highest BCUT2D eigenvalue weighted by molar-refractivity contribution is 9.10. The summed E-state index contributed by atoms with van der Waals surface area (Å²) in [4.78, 5) is 25.3. The quantitative estimate of drug-likeness (QED) is 0.844. The van der Waals surface area contributed by atoms with Crippen molar-refractivity contribution in [1.29, 1.82) is 0 Å². The monoisotopic (exact) mass is 311 g/mol. The molecule has 0 unspecified atom stereocenters. The zero-order chi connectivity index (χ0) is 13.1. The molecule has 1 aromatic rings. The fourth-order valence-electron chi connectivity index (χ4n) is 1.82. The van der Waals surface area contributed by atoms with Crippen molar-refractivity contribution in [3.8, 4) is 0 Å². The first-order valence-corrected chi connectivity index (χ1v) is 6.42. The minimum absolute atomic E-state index is 0.150. The molecule has 96 valence electrons. The van der Waals surface area contributed by atoms with E-state index >= 15 is 0 Å². The lowest BCUT2D eigenvalue weighted by atomic mass is 10.1. The second-order valence-electron chi connectivity index (χ2n) is 4.31.